The summed E-state index contributed by atoms with van der Waals surface area (Å²) in [5, 5.41) is 0. The number of rotatable bonds is 6. The second kappa shape index (κ2) is 8.47. The Balaban J connectivity index is 1.59. The number of hydrogen-bond donors (Lipinski definition) is 0. The molecule has 3 rings (SSSR count). The van der Waals surface area contributed by atoms with Crippen molar-refractivity contribution in [3.8, 4) is 0 Å². The van der Waals surface area contributed by atoms with Gasteiger partial charge in [0, 0.05) is 5.92 Å². The summed E-state index contributed by atoms with van der Waals surface area (Å²) in [6.45, 7) is 0.405. The lowest BCUT2D eigenvalue weighted by Gasteiger charge is -2.37. The molecule has 3 saturated carbocycles. The third kappa shape index (κ3) is 4.34. The Morgan fingerprint density at radius 3 is 1.68 bits per heavy atom. The molecule has 0 radical (unpaired) electrons. The van der Waals surface area contributed by atoms with Gasteiger partial charge in [0.05, 0.1) is 6.10 Å². The largest absolute Gasteiger partial charge is 0.370 e. The molecular formula is C20H34O2. The van der Waals surface area contributed by atoms with Gasteiger partial charge in [-0.05, 0) is 50.4 Å². The summed E-state index contributed by atoms with van der Waals surface area (Å²) in [5.74, 6) is 2.10. The molecule has 0 aromatic carbocycles. The molecule has 0 atom stereocenters. The molecule has 0 heterocycles. The van der Waals surface area contributed by atoms with E-state index >= 15 is 0 Å². The van der Waals surface area contributed by atoms with Gasteiger partial charge in [0.2, 0.25) is 0 Å². The number of carbonyl (C=O) groups excluding carboxylic acids is 1. The van der Waals surface area contributed by atoms with Crippen LogP contribution >= 0.6 is 0 Å². The predicted molar refractivity (Wildman–Crippen MR) is 89.9 cm³/mol. The number of carbonyl (C=O) groups is 1. The molecule has 0 spiro atoms. The highest BCUT2D eigenvalue weighted by molar-refractivity contribution is 5.82. The fourth-order valence-electron chi connectivity index (χ4n) is 5.25. The van der Waals surface area contributed by atoms with E-state index < -0.39 is 0 Å². The Labute approximate surface area is 136 Å². The molecule has 0 N–H and O–H groups in total. The summed E-state index contributed by atoms with van der Waals surface area (Å²) < 4.78 is 5.98. The van der Waals surface area contributed by atoms with Gasteiger partial charge in [0.1, 0.15) is 6.61 Å². The van der Waals surface area contributed by atoms with Gasteiger partial charge in [0.15, 0.2) is 5.78 Å². The average Bonchev–Trinajstić information content (AvgIpc) is 3.09. The Morgan fingerprint density at radius 1 is 0.727 bits per heavy atom. The van der Waals surface area contributed by atoms with Crippen LogP contribution in [0.25, 0.3) is 0 Å². The molecule has 2 nitrogen and oxygen atoms in total. The van der Waals surface area contributed by atoms with E-state index in [1.165, 1.54) is 89.9 Å². The van der Waals surface area contributed by atoms with Crippen LogP contribution in [0.15, 0.2) is 0 Å². The zero-order chi connectivity index (χ0) is 15.2. The van der Waals surface area contributed by atoms with Crippen LogP contribution in [0.4, 0.5) is 0 Å². The Bertz CT molecular complexity index is 316. The quantitative estimate of drug-likeness (QED) is 0.666. The molecule has 3 aliphatic carbocycles. The van der Waals surface area contributed by atoms with Crippen molar-refractivity contribution in [2.45, 2.75) is 96.0 Å². The van der Waals surface area contributed by atoms with Crippen LogP contribution < -0.4 is 0 Å². The van der Waals surface area contributed by atoms with Crippen molar-refractivity contribution in [3.63, 3.8) is 0 Å². The lowest BCUT2D eigenvalue weighted by atomic mass is 9.68. The van der Waals surface area contributed by atoms with Gasteiger partial charge in [-0.2, -0.15) is 0 Å². The van der Waals surface area contributed by atoms with Gasteiger partial charge in [-0.25, -0.2) is 0 Å². The normalized spacial score (nSPS) is 25.9. The lowest BCUT2D eigenvalue weighted by molar-refractivity contribution is -0.134. The number of hydrogen-bond acceptors (Lipinski definition) is 2. The van der Waals surface area contributed by atoms with Gasteiger partial charge in [0.25, 0.3) is 0 Å². The summed E-state index contributed by atoms with van der Waals surface area (Å²) in [6.07, 6.45) is 18.5. The third-order valence-corrected chi connectivity index (χ3v) is 6.45. The minimum Gasteiger partial charge on any atom is -0.370 e. The van der Waals surface area contributed by atoms with Crippen molar-refractivity contribution in [2.75, 3.05) is 6.61 Å². The highest BCUT2D eigenvalue weighted by atomic mass is 16.5. The Morgan fingerprint density at radius 2 is 1.18 bits per heavy atom. The van der Waals surface area contributed by atoms with Crippen LogP contribution in [0.2, 0.25) is 0 Å². The Kier molecular flexibility index (Phi) is 6.35. The van der Waals surface area contributed by atoms with Crippen LogP contribution in [-0.4, -0.2) is 18.5 Å². The molecular weight excluding hydrogens is 272 g/mol. The molecule has 0 aliphatic heterocycles. The molecule has 0 aromatic rings. The summed E-state index contributed by atoms with van der Waals surface area (Å²) in [6, 6.07) is 0. The van der Waals surface area contributed by atoms with Crippen molar-refractivity contribution >= 4 is 5.78 Å². The Hall–Kier alpha value is -0.370. The standard InChI is InChI=1S/C20H34O2/c21-19(15-22-18-13-7-8-14-18)20(16-9-3-1-4-10-16)17-11-5-2-6-12-17/h16-18,20H,1-15H2. The van der Waals surface area contributed by atoms with E-state index in [2.05, 4.69) is 0 Å². The second-order valence-corrected chi connectivity index (χ2v) is 8.01. The van der Waals surface area contributed by atoms with Crippen molar-refractivity contribution in [1.82, 2.24) is 0 Å². The molecule has 3 aliphatic rings. The molecule has 22 heavy (non-hydrogen) atoms. The molecule has 0 aromatic heterocycles. The first kappa shape index (κ1) is 16.5. The monoisotopic (exact) mass is 306 g/mol. The number of ketones is 1. The highest BCUT2D eigenvalue weighted by Crippen LogP contribution is 2.40. The fraction of sp³-hybridized carbons (Fsp3) is 0.950. The first-order chi connectivity index (χ1) is 10.8. The molecule has 0 amide bonds. The van der Waals surface area contributed by atoms with Crippen molar-refractivity contribution < 1.29 is 9.53 Å². The van der Waals surface area contributed by atoms with Crippen LogP contribution in [0.5, 0.6) is 0 Å². The zero-order valence-electron chi connectivity index (χ0n) is 14.2. The summed E-state index contributed by atoms with van der Waals surface area (Å²) in [4.78, 5) is 13.0. The average molecular weight is 306 g/mol. The van der Waals surface area contributed by atoms with Crippen molar-refractivity contribution in [2.24, 2.45) is 17.8 Å². The van der Waals surface area contributed by atoms with Gasteiger partial charge in [-0.15, -0.1) is 0 Å². The van der Waals surface area contributed by atoms with Crippen LogP contribution in [0, 0.1) is 17.8 Å². The van der Waals surface area contributed by atoms with Gasteiger partial charge < -0.3 is 4.74 Å². The predicted octanol–water partition coefficient (Wildman–Crippen LogP) is 5.29. The summed E-state index contributed by atoms with van der Waals surface area (Å²) in [7, 11) is 0. The summed E-state index contributed by atoms with van der Waals surface area (Å²) >= 11 is 0. The van der Waals surface area contributed by atoms with Gasteiger partial charge in [-0.3, -0.25) is 4.79 Å². The van der Waals surface area contributed by atoms with E-state index in [1.807, 2.05) is 0 Å². The topological polar surface area (TPSA) is 26.3 Å². The third-order valence-electron chi connectivity index (χ3n) is 6.45. The molecule has 126 valence electrons. The van der Waals surface area contributed by atoms with Crippen LogP contribution in [0.1, 0.15) is 89.9 Å². The first-order valence-corrected chi connectivity index (χ1v) is 9.99. The fourth-order valence-corrected chi connectivity index (χ4v) is 5.25. The first-order valence-electron chi connectivity index (χ1n) is 9.99. The summed E-state index contributed by atoms with van der Waals surface area (Å²) in [5.41, 5.74) is 0. The SMILES string of the molecule is O=C(COC1CCCC1)C(C1CCCCC1)C1CCCCC1. The van der Waals surface area contributed by atoms with E-state index in [0.29, 0.717) is 36.2 Å². The maximum absolute atomic E-state index is 13.0. The molecule has 3 fully saturated rings. The van der Waals surface area contributed by atoms with Crippen LogP contribution in [0.3, 0.4) is 0 Å². The smallest absolute Gasteiger partial charge is 0.162 e. The van der Waals surface area contributed by atoms with E-state index in [4.69, 9.17) is 4.74 Å². The van der Waals surface area contributed by atoms with Crippen molar-refractivity contribution in [3.05, 3.63) is 0 Å². The van der Waals surface area contributed by atoms with E-state index in [9.17, 15) is 4.79 Å². The van der Waals surface area contributed by atoms with E-state index in [-0.39, 0.29) is 0 Å². The van der Waals surface area contributed by atoms with E-state index in [1.54, 1.807) is 0 Å². The van der Waals surface area contributed by atoms with Gasteiger partial charge >= 0.3 is 0 Å². The van der Waals surface area contributed by atoms with E-state index in [0.717, 1.165) is 0 Å². The van der Waals surface area contributed by atoms with Crippen molar-refractivity contribution in [1.29, 1.82) is 0 Å². The molecule has 0 saturated heterocycles. The molecule has 0 unspecified atom stereocenters. The lowest BCUT2D eigenvalue weighted by Crippen LogP contribution is -2.36. The second-order valence-electron chi connectivity index (χ2n) is 8.01. The van der Waals surface area contributed by atoms with Gasteiger partial charge in [-0.1, -0.05) is 51.4 Å². The number of Topliss-reactive ketones (excluding diaryl/α,β-unsaturated/α-hetero) is 1. The van der Waals surface area contributed by atoms with Crippen LogP contribution in [-0.2, 0) is 9.53 Å². The maximum Gasteiger partial charge on any atom is 0.162 e. The number of ether oxygens (including phenoxy) is 1. The zero-order valence-corrected chi connectivity index (χ0v) is 14.2. The molecule has 2 heteroatoms. The minimum atomic E-state index is 0.321. The minimum absolute atomic E-state index is 0.321. The molecule has 0 bridgehead atoms. The highest BCUT2D eigenvalue weighted by Gasteiger charge is 2.36. The maximum atomic E-state index is 13.0.